The smallest absolute Gasteiger partial charge is 0.144 e. The Hall–Kier alpha value is -1.60. The van der Waals surface area contributed by atoms with Crippen LogP contribution in [0.15, 0.2) is 18.2 Å². The molecule has 4 heteroatoms. The maximum absolute atomic E-state index is 13.0. The second kappa shape index (κ2) is 5.20. The van der Waals surface area contributed by atoms with Gasteiger partial charge >= 0.3 is 0 Å². The van der Waals surface area contributed by atoms with Crippen molar-refractivity contribution in [1.82, 2.24) is 0 Å². The highest BCUT2D eigenvalue weighted by Gasteiger charge is 2.07. The average Bonchev–Trinajstić information content (AvgIpc) is 2.18. The lowest BCUT2D eigenvalue weighted by Crippen LogP contribution is -2.05. The second-order valence-electron chi connectivity index (χ2n) is 2.57. The van der Waals surface area contributed by atoms with Gasteiger partial charge in [-0.25, -0.2) is 4.39 Å². The molecule has 0 heterocycles. The summed E-state index contributed by atoms with van der Waals surface area (Å²) in [5, 5.41) is 8.65. The van der Waals surface area contributed by atoms with Gasteiger partial charge in [0.2, 0.25) is 0 Å². The largest absolute Gasteiger partial charge is 0.490 e. The first-order valence-electron chi connectivity index (χ1n) is 4.10. The molecule has 14 heavy (non-hydrogen) atoms. The molecule has 0 radical (unpaired) electrons. The molecule has 1 aromatic rings. The Labute approximate surface area is 81.7 Å². The highest BCUT2D eigenvalue weighted by atomic mass is 19.1. The van der Waals surface area contributed by atoms with Crippen molar-refractivity contribution in [3.8, 4) is 11.8 Å². The van der Waals surface area contributed by atoms with E-state index in [2.05, 4.69) is 0 Å². The minimum absolute atomic E-state index is 0.0661. The SMILES string of the molecule is COCCOc1cccc(F)c1C#N. The van der Waals surface area contributed by atoms with Crippen LogP contribution >= 0.6 is 0 Å². The molecule has 0 aromatic heterocycles. The number of hydrogen-bond acceptors (Lipinski definition) is 3. The fourth-order valence-corrected chi connectivity index (χ4v) is 0.968. The number of benzene rings is 1. The topological polar surface area (TPSA) is 42.2 Å². The molecule has 1 rings (SSSR count). The van der Waals surface area contributed by atoms with Gasteiger partial charge in [-0.3, -0.25) is 0 Å². The van der Waals surface area contributed by atoms with Gasteiger partial charge in [-0.2, -0.15) is 5.26 Å². The molecule has 0 saturated carbocycles. The van der Waals surface area contributed by atoms with Crippen LogP contribution in [-0.4, -0.2) is 20.3 Å². The van der Waals surface area contributed by atoms with E-state index >= 15 is 0 Å². The molecule has 0 aliphatic rings. The third-order valence-corrected chi connectivity index (χ3v) is 1.63. The zero-order valence-electron chi connectivity index (χ0n) is 7.79. The van der Waals surface area contributed by atoms with Crippen molar-refractivity contribution in [2.45, 2.75) is 0 Å². The van der Waals surface area contributed by atoms with E-state index in [9.17, 15) is 4.39 Å². The minimum atomic E-state index is -0.567. The van der Waals surface area contributed by atoms with E-state index in [1.807, 2.05) is 0 Å². The Morgan fingerprint density at radius 3 is 2.86 bits per heavy atom. The maximum atomic E-state index is 13.0. The summed E-state index contributed by atoms with van der Waals surface area (Å²) in [6.45, 7) is 0.704. The van der Waals surface area contributed by atoms with Gasteiger partial charge in [0.15, 0.2) is 0 Å². The van der Waals surface area contributed by atoms with Crippen LogP contribution in [-0.2, 0) is 4.74 Å². The Balaban J connectivity index is 2.76. The monoisotopic (exact) mass is 195 g/mol. The van der Waals surface area contributed by atoms with Gasteiger partial charge in [0.05, 0.1) is 6.61 Å². The summed E-state index contributed by atoms with van der Waals surface area (Å²) in [4.78, 5) is 0. The molecular formula is C10H10FNO2. The molecular weight excluding hydrogens is 185 g/mol. The van der Waals surface area contributed by atoms with Crippen LogP contribution in [0.3, 0.4) is 0 Å². The van der Waals surface area contributed by atoms with Crippen LogP contribution in [0.25, 0.3) is 0 Å². The van der Waals surface area contributed by atoms with Gasteiger partial charge in [-0.15, -0.1) is 0 Å². The number of halogens is 1. The van der Waals surface area contributed by atoms with Gasteiger partial charge < -0.3 is 9.47 Å². The molecule has 0 saturated heterocycles. The van der Waals surface area contributed by atoms with E-state index in [0.29, 0.717) is 13.2 Å². The number of nitrogens with zero attached hydrogens (tertiary/aromatic N) is 1. The Bertz CT molecular complexity index is 346. The third kappa shape index (κ3) is 2.44. The maximum Gasteiger partial charge on any atom is 0.144 e. The molecule has 0 unspecified atom stereocenters. The number of methoxy groups -OCH3 is 1. The van der Waals surface area contributed by atoms with Crippen molar-refractivity contribution in [3.63, 3.8) is 0 Å². The van der Waals surface area contributed by atoms with Gasteiger partial charge in [0.1, 0.15) is 29.8 Å². The zero-order chi connectivity index (χ0) is 10.4. The highest BCUT2D eigenvalue weighted by molar-refractivity contribution is 5.43. The van der Waals surface area contributed by atoms with Crippen molar-refractivity contribution in [2.75, 3.05) is 20.3 Å². The molecule has 3 nitrogen and oxygen atoms in total. The Kier molecular flexibility index (Phi) is 3.89. The molecule has 1 aromatic carbocycles. The number of rotatable bonds is 4. The summed E-state index contributed by atoms with van der Waals surface area (Å²) < 4.78 is 23.0. The highest BCUT2D eigenvalue weighted by Crippen LogP contribution is 2.19. The first kappa shape index (κ1) is 10.5. The second-order valence-corrected chi connectivity index (χ2v) is 2.57. The summed E-state index contributed by atoms with van der Waals surface area (Å²) in [6, 6.07) is 6.03. The zero-order valence-corrected chi connectivity index (χ0v) is 7.79. The molecule has 74 valence electrons. The van der Waals surface area contributed by atoms with Crippen molar-refractivity contribution < 1.29 is 13.9 Å². The van der Waals surface area contributed by atoms with Crippen LogP contribution in [0.5, 0.6) is 5.75 Å². The van der Waals surface area contributed by atoms with Crippen LogP contribution in [0.4, 0.5) is 4.39 Å². The lowest BCUT2D eigenvalue weighted by atomic mass is 10.2. The molecule has 0 spiro atoms. The third-order valence-electron chi connectivity index (χ3n) is 1.63. The van der Waals surface area contributed by atoms with Gasteiger partial charge in [-0.05, 0) is 12.1 Å². The van der Waals surface area contributed by atoms with Gasteiger partial charge in [0, 0.05) is 7.11 Å². The standard InChI is InChI=1S/C10H10FNO2/c1-13-5-6-14-10-4-2-3-9(11)8(10)7-12/h2-4H,5-6H2,1H3. The fourth-order valence-electron chi connectivity index (χ4n) is 0.968. The average molecular weight is 195 g/mol. The van der Waals surface area contributed by atoms with E-state index in [-0.39, 0.29) is 11.3 Å². The normalized spacial score (nSPS) is 9.50. The molecule has 0 fully saturated rings. The van der Waals surface area contributed by atoms with Crippen LogP contribution in [0, 0.1) is 17.1 Å². The van der Waals surface area contributed by atoms with Crippen molar-refractivity contribution in [3.05, 3.63) is 29.6 Å². The van der Waals surface area contributed by atoms with Crippen LogP contribution < -0.4 is 4.74 Å². The molecule has 0 atom stereocenters. The quantitative estimate of drug-likeness (QED) is 0.687. The predicted octanol–water partition coefficient (Wildman–Crippen LogP) is 1.72. The van der Waals surface area contributed by atoms with Crippen molar-refractivity contribution in [1.29, 1.82) is 5.26 Å². The van der Waals surface area contributed by atoms with Crippen LogP contribution in [0.2, 0.25) is 0 Å². The first-order valence-corrected chi connectivity index (χ1v) is 4.10. The van der Waals surface area contributed by atoms with E-state index in [1.54, 1.807) is 19.2 Å². The number of ether oxygens (including phenoxy) is 2. The minimum Gasteiger partial charge on any atom is -0.490 e. The Morgan fingerprint density at radius 1 is 1.43 bits per heavy atom. The summed E-state index contributed by atoms with van der Waals surface area (Å²) in [5.74, 6) is -0.313. The summed E-state index contributed by atoms with van der Waals surface area (Å²) in [7, 11) is 1.54. The molecule has 0 aliphatic carbocycles. The fraction of sp³-hybridized carbons (Fsp3) is 0.300. The predicted molar refractivity (Wildman–Crippen MR) is 48.5 cm³/mol. The van der Waals surface area contributed by atoms with Crippen molar-refractivity contribution in [2.24, 2.45) is 0 Å². The number of nitriles is 1. The van der Waals surface area contributed by atoms with E-state index in [0.717, 1.165) is 0 Å². The molecule has 0 amide bonds. The lowest BCUT2D eigenvalue weighted by molar-refractivity contribution is 0.146. The summed E-state index contributed by atoms with van der Waals surface area (Å²) in [5.41, 5.74) is -0.0661. The van der Waals surface area contributed by atoms with E-state index in [4.69, 9.17) is 14.7 Å². The summed E-state index contributed by atoms with van der Waals surface area (Å²) >= 11 is 0. The summed E-state index contributed by atoms with van der Waals surface area (Å²) in [6.07, 6.45) is 0. The van der Waals surface area contributed by atoms with Gasteiger partial charge in [0.25, 0.3) is 0 Å². The van der Waals surface area contributed by atoms with Crippen LogP contribution in [0.1, 0.15) is 5.56 Å². The van der Waals surface area contributed by atoms with Gasteiger partial charge in [-0.1, -0.05) is 6.07 Å². The molecule has 0 bridgehead atoms. The molecule has 0 N–H and O–H groups in total. The first-order chi connectivity index (χ1) is 6.79. The Morgan fingerprint density at radius 2 is 2.21 bits per heavy atom. The lowest BCUT2D eigenvalue weighted by Gasteiger charge is -2.06. The van der Waals surface area contributed by atoms with E-state index in [1.165, 1.54) is 12.1 Å². The van der Waals surface area contributed by atoms with E-state index < -0.39 is 5.82 Å². The number of hydrogen-bond donors (Lipinski definition) is 0. The van der Waals surface area contributed by atoms with Crippen molar-refractivity contribution >= 4 is 0 Å². The molecule has 0 aliphatic heterocycles.